The number of rotatable bonds is 5. The van der Waals surface area contributed by atoms with Gasteiger partial charge >= 0.3 is 0 Å². The molecule has 0 amide bonds. The average Bonchev–Trinajstić information content (AvgIpc) is 2.30. The molecule has 17 heavy (non-hydrogen) atoms. The highest BCUT2D eigenvalue weighted by molar-refractivity contribution is 7.93. The van der Waals surface area contributed by atoms with Crippen LogP contribution < -0.4 is 15.2 Å². The molecule has 0 aliphatic heterocycles. The van der Waals surface area contributed by atoms with Crippen molar-refractivity contribution in [2.45, 2.75) is 12.2 Å². The van der Waals surface area contributed by atoms with Crippen LogP contribution in [0, 0.1) is 5.82 Å². The van der Waals surface area contributed by atoms with Gasteiger partial charge in [0, 0.05) is 12.6 Å². The Balaban J connectivity index is 2.96. The van der Waals surface area contributed by atoms with Crippen molar-refractivity contribution in [1.82, 2.24) is 0 Å². The molecule has 3 N–H and O–H groups in total. The molecule has 0 aliphatic carbocycles. The van der Waals surface area contributed by atoms with Gasteiger partial charge in [-0.25, -0.2) is 12.8 Å². The number of hydrogen-bond acceptors (Lipinski definition) is 4. The molecule has 0 aliphatic rings. The molecule has 0 aromatic heterocycles. The Bertz CT molecular complexity index is 490. The molecule has 0 saturated carbocycles. The van der Waals surface area contributed by atoms with E-state index in [-0.39, 0.29) is 18.0 Å². The van der Waals surface area contributed by atoms with Gasteiger partial charge in [-0.3, -0.25) is 4.72 Å². The summed E-state index contributed by atoms with van der Waals surface area (Å²) in [6.07, 6.45) is 0. The first-order valence-electron chi connectivity index (χ1n) is 4.96. The molecule has 7 heteroatoms. The van der Waals surface area contributed by atoms with Crippen molar-refractivity contribution < 1.29 is 17.5 Å². The van der Waals surface area contributed by atoms with E-state index in [0.29, 0.717) is 0 Å². The molecule has 1 unspecified atom stereocenters. The lowest BCUT2D eigenvalue weighted by Crippen LogP contribution is -2.31. The highest BCUT2D eigenvalue weighted by atomic mass is 32.2. The zero-order valence-electron chi connectivity index (χ0n) is 9.60. The minimum Gasteiger partial charge on any atom is -0.494 e. The summed E-state index contributed by atoms with van der Waals surface area (Å²) in [6, 6.07) is 3.72. The normalized spacial score (nSPS) is 13.2. The van der Waals surface area contributed by atoms with Gasteiger partial charge in [0.1, 0.15) is 0 Å². The summed E-state index contributed by atoms with van der Waals surface area (Å²) in [7, 11) is -2.25. The summed E-state index contributed by atoms with van der Waals surface area (Å²) in [4.78, 5) is 0. The van der Waals surface area contributed by atoms with Crippen molar-refractivity contribution in [3.8, 4) is 5.75 Å². The molecule has 5 nitrogen and oxygen atoms in total. The van der Waals surface area contributed by atoms with Gasteiger partial charge in [0.2, 0.25) is 10.0 Å². The lowest BCUT2D eigenvalue weighted by Gasteiger charge is -2.13. The van der Waals surface area contributed by atoms with E-state index in [4.69, 9.17) is 10.5 Å². The highest BCUT2D eigenvalue weighted by Gasteiger charge is 2.19. The summed E-state index contributed by atoms with van der Waals surface area (Å²) in [5.74, 6) is -0.576. The van der Waals surface area contributed by atoms with Gasteiger partial charge in [-0.2, -0.15) is 0 Å². The summed E-state index contributed by atoms with van der Waals surface area (Å²) in [6.45, 7) is 1.50. The summed E-state index contributed by atoms with van der Waals surface area (Å²) < 4.78 is 43.6. The van der Waals surface area contributed by atoms with Gasteiger partial charge < -0.3 is 10.5 Å². The van der Waals surface area contributed by atoms with Gasteiger partial charge in [0.15, 0.2) is 11.6 Å². The number of ether oxygens (including phenoxy) is 1. The Morgan fingerprint density at radius 2 is 2.18 bits per heavy atom. The largest absolute Gasteiger partial charge is 0.494 e. The van der Waals surface area contributed by atoms with Gasteiger partial charge in [-0.15, -0.1) is 0 Å². The van der Waals surface area contributed by atoms with E-state index >= 15 is 0 Å². The quantitative estimate of drug-likeness (QED) is 0.827. The Kier molecular flexibility index (Phi) is 4.30. The van der Waals surface area contributed by atoms with Crippen molar-refractivity contribution in [3.63, 3.8) is 0 Å². The molecule has 96 valence electrons. The SMILES string of the molecule is COc1cc(NS(=O)(=O)C(C)CN)ccc1F. The van der Waals surface area contributed by atoms with E-state index in [2.05, 4.69) is 4.72 Å². The van der Waals surface area contributed by atoms with E-state index in [9.17, 15) is 12.8 Å². The summed E-state index contributed by atoms with van der Waals surface area (Å²) in [5, 5.41) is -0.724. The monoisotopic (exact) mass is 262 g/mol. The Morgan fingerprint density at radius 3 is 2.71 bits per heavy atom. The number of benzene rings is 1. The fraction of sp³-hybridized carbons (Fsp3) is 0.400. The van der Waals surface area contributed by atoms with Gasteiger partial charge in [-0.1, -0.05) is 0 Å². The van der Waals surface area contributed by atoms with E-state index in [1.807, 2.05) is 0 Å². The molecular weight excluding hydrogens is 247 g/mol. The average molecular weight is 262 g/mol. The van der Waals surface area contributed by atoms with Gasteiger partial charge in [0.25, 0.3) is 0 Å². The maximum atomic E-state index is 13.1. The van der Waals surface area contributed by atoms with Crippen LogP contribution in [0.25, 0.3) is 0 Å². The van der Waals surface area contributed by atoms with Crippen LogP contribution in [0.15, 0.2) is 18.2 Å². The molecule has 0 bridgehead atoms. The van der Waals surface area contributed by atoms with Crippen LogP contribution in [0.3, 0.4) is 0 Å². The Morgan fingerprint density at radius 1 is 1.53 bits per heavy atom. The molecule has 1 aromatic rings. The third kappa shape index (κ3) is 3.31. The molecule has 0 fully saturated rings. The molecule has 1 rings (SSSR count). The van der Waals surface area contributed by atoms with Crippen molar-refractivity contribution in [3.05, 3.63) is 24.0 Å². The van der Waals surface area contributed by atoms with Crippen LogP contribution in [0.1, 0.15) is 6.92 Å². The number of halogens is 1. The minimum absolute atomic E-state index is 0.00760. The third-order valence-electron chi connectivity index (χ3n) is 2.27. The number of methoxy groups -OCH3 is 1. The Hall–Kier alpha value is -1.34. The predicted octanol–water partition coefficient (Wildman–Crippen LogP) is 0.923. The summed E-state index contributed by atoms with van der Waals surface area (Å²) in [5.41, 5.74) is 5.53. The fourth-order valence-corrected chi connectivity index (χ4v) is 2.02. The topological polar surface area (TPSA) is 81.4 Å². The third-order valence-corrected chi connectivity index (χ3v) is 4.04. The molecule has 0 saturated heterocycles. The van der Waals surface area contributed by atoms with E-state index in [0.717, 1.165) is 6.07 Å². The lowest BCUT2D eigenvalue weighted by molar-refractivity contribution is 0.387. The van der Waals surface area contributed by atoms with Crippen LogP contribution in [-0.4, -0.2) is 27.3 Å². The smallest absolute Gasteiger partial charge is 0.236 e. The number of nitrogens with one attached hydrogen (secondary N) is 1. The van der Waals surface area contributed by atoms with Crippen LogP contribution in [0.4, 0.5) is 10.1 Å². The molecule has 0 heterocycles. The van der Waals surface area contributed by atoms with Crippen molar-refractivity contribution >= 4 is 15.7 Å². The van der Waals surface area contributed by atoms with E-state index in [1.54, 1.807) is 0 Å². The second-order valence-corrected chi connectivity index (χ2v) is 5.64. The molecule has 0 radical (unpaired) electrons. The number of sulfonamides is 1. The minimum atomic E-state index is -3.55. The molecule has 0 spiro atoms. The zero-order chi connectivity index (χ0) is 13.1. The van der Waals surface area contributed by atoms with Crippen molar-refractivity contribution in [2.75, 3.05) is 18.4 Å². The molecule has 1 aromatic carbocycles. The van der Waals surface area contributed by atoms with Crippen LogP contribution in [0.5, 0.6) is 5.75 Å². The maximum Gasteiger partial charge on any atom is 0.236 e. The van der Waals surface area contributed by atoms with E-state index < -0.39 is 21.1 Å². The molecule has 1 atom stereocenters. The standard InChI is InChI=1S/C10H15FN2O3S/c1-7(6-12)17(14,15)13-8-3-4-9(11)10(5-8)16-2/h3-5,7,13H,6,12H2,1-2H3. The van der Waals surface area contributed by atoms with Crippen molar-refractivity contribution in [1.29, 1.82) is 0 Å². The first-order valence-corrected chi connectivity index (χ1v) is 6.50. The zero-order valence-corrected chi connectivity index (χ0v) is 10.4. The maximum absolute atomic E-state index is 13.1. The second-order valence-electron chi connectivity index (χ2n) is 3.54. The number of hydrogen-bond donors (Lipinski definition) is 2. The first-order chi connectivity index (χ1) is 7.90. The molecular formula is C10H15FN2O3S. The predicted molar refractivity (Wildman–Crippen MR) is 64.0 cm³/mol. The number of anilines is 1. The fourth-order valence-electron chi connectivity index (χ4n) is 1.11. The number of nitrogens with two attached hydrogens (primary N) is 1. The van der Waals surface area contributed by atoms with Crippen LogP contribution in [-0.2, 0) is 10.0 Å². The van der Waals surface area contributed by atoms with Crippen LogP contribution in [0.2, 0.25) is 0 Å². The van der Waals surface area contributed by atoms with Crippen molar-refractivity contribution in [2.24, 2.45) is 5.73 Å². The van der Waals surface area contributed by atoms with E-state index in [1.165, 1.54) is 26.2 Å². The van der Waals surface area contributed by atoms with Crippen LogP contribution >= 0.6 is 0 Å². The summed E-state index contributed by atoms with van der Waals surface area (Å²) >= 11 is 0. The first kappa shape index (κ1) is 13.7. The lowest BCUT2D eigenvalue weighted by atomic mass is 10.3. The van der Waals surface area contributed by atoms with Gasteiger partial charge in [-0.05, 0) is 19.1 Å². The second kappa shape index (κ2) is 5.33. The Labute approximate surface area is 99.8 Å². The van der Waals surface area contributed by atoms with Gasteiger partial charge in [0.05, 0.1) is 18.0 Å². The highest BCUT2D eigenvalue weighted by Crippen LogP contribution is 2.22.